The molecular weight excluding hydrogens is 344 g/mol. The minimum atomic E-state index is -0.147. The van der Waals surface area contributed by atoms with Crippen LogP contribution in [0.15, 0.2) is 53.5 Å². The second-order valence-corrected chi connectivity index (χ2v) is 6.51. The van der Waals surface area contributed by atoms with Crippen molar-refractivity contribution in [2.24, 2.45) is 0 Å². The molecule has 0 aliphatic carbocycles. The van der Waals surface area contributed by atoms with Crippen molar-refractivity contribution < 1.29 is 4.79 Å². The molecule has 0 saturated heterocycles. The minimum absolute atomic E-state index is 0.0972. The first-order chi connectivity index (χ1) is 13.2. The smallest absolute Gasteiger partial charge is 0.276 e. The molecule has 0 bridgehead atoms. The van der Waals surface area contributed by atoms with E-state index in [0.29, 0.717) is 42.1 Å². The van der Waals surface area contributed by atoms with Crippen LogP contribution >= 0.6 is 0 Å². The predicted molar refractivity (Wildman–Crippen MR) is 98.3 cm³/mol. The van der Waals surface area contributed by atoms with E-state index in [1.807, 2.05) is 30.3 Å². The second kappa shape index (κ2) is 5.94. The maximum absolute atomic E-state index is 12.9. The van der Waals surface area contributed by atoms with E-state index in [-0.39, 0.29) is 11.5 Å². The van der Waals surface area contributed by atoms with Crippen molar-refractivity contribution >= 4 is 11.6 Å². The molecule has 1 aromatic carbocycles. The van der Waals surface area contributed by atoms with Gasteiger partial charge in [0.1, 0.15) is 5.69 Å². The number of aromatic amines is 2. The highest BCUT2D eigenvalue weighted by molar-refractivity contribution is 5.93. The number of rotatable bonds is 2. The topological polar surface area (TPSA) is 99.2 Å². The van der Waals surface area contributed by atoms with Crippen LogP contribution in [-0.4, -0.2) is 42.1 Å². The number of nitrogens with one attached hydrogen (secondary N) is 2. The third-order valence-electron chi connectivity index (χ3n) is 4.86. The molecular formula is C19H16N6O2. The Morgan fingerprint density at radius 2 is 2.00 bits per heavy atom. The highest BCUT2D eigenvalue weighted by Gasteiger charge is 2.26. The first-order valence-corrected chi connectivity index (χ1v) is 8.69. The van der Waals surface area contributed by atoms with Crippen LogP contribution in [0.5, 0.6) is 0 Å². The Labute approximate surface area is 153 Å². The normalized spacial score (nSPS) is 13.7. The Morgan fingerprint density at radius 1 is 1.15 bits per heavy atom. The van der Waals surface area contributed by atoms with Gasteiger partial charge in [-0.05, 0) is 12.5 Å². The fraction of sp³-hybridized carbons (Fsp3) is 0.158. The first kappa shape index (κ1) is 15.6. The summed E-state index contributed by atoms with van der Waals surface area (Å²) in [6.07, 6.45) is 2.16. The van der Waals surface area contributed by atoms with Gasteiger partial charge in [-0.3, -0.25) is 19.8 Å². The molecule has 0 spiro atoms. The number of benzene rings is 1. The highest BCUT2D eigenvalue weighted by Crippen LogP contribution is 2.20. The summed E-state index contributed by atoms with van der Waals surface area (Å²) in [7, 11) is 0. The Hall–Kier alpha value is -3.68. The summed E-state index contributed by atoms with van der Waals surface area (Å²) in [4.78, 5) is 31.6. The number of amides is 1. The molecule has 27 heavy (non-hydrogen) atoms. The molecule has 1 aliphatic rings. The van der Waals surface area contributed by atoms with Crippen molar-refractivity contribution in [2.45, 2.75) is 13.0 Å². The van der Waals surface area contributed by atoms with Gasteiger partial charge >= 0.3 is 0 Å². The molecule has 134 valence electrons. The lowest BCUT2D eigenvalue weighted by Gasteiger charge is -2.27. The van der Waals surface area contributed by atoms with E-state index in [1.165, 1.54) is 4.52 Å². The Kier molecular flexibility index (Phi) is 3.43. The van der Waals surface area contributed by atoms with Crippen molar-refractivity contribution in [3.63, 3.8) is 0 Å². The van der Waals surface area contributed by atoms with Gasteiger partial charge < -0.3 is 4.90 Å². The lowest BCUT2D eigenvalue weighted by atomic mass is 10.1. The highest BCUT2D eigenvalue weighted by atomic mass is 16.2. The van der Waals surface area contributed by atoms with Crippen molar-refractivity contribution in [3.8, 4) is 11.3 Å². The fourth-order valence-electron chi connectivity index (χ4n) is 3.46. The van der Waals surface area contributed by atoms with Gasteiger partial charge in [0.25, 0.3) is 11.5 Å². The summed E-state index contributed by atoms with van der Waals surface area (Å²) < 4.78 is 1.43. The van der Waals surface area contributed by atoms with Crippen LogP contribution in [-0.2, 0) is 13.0 Å². The summed E-state index contributed by atoms with van der Waals surface area (Å²) in [5.41, 5.74) is 3.87. The summed E-state index contributed by atoms with van der Waals surface area (Å²) in [6.45, 7) is 0.778. The van der Waals surface area contributed by atoms with Crippen LogP contribution in [0.2, 0.25) is 0 Å². The van der Waals surface area contributed by atoms with E-state index in [4.69, 9.17) is 0 Å². The molecule has 8 heteroatoms. The third-order valence-corrected chi connectivity index (χ3v) is 4.86. The van der Waals surface area contributed by atoms with Gasteiger partial charge in [-0.15, -0.1) is 0 Å². The first-order valence-electron chi connectivity index (χ1n) is 8.69. The zero-order chi connectivity index (χ0) is 18.4. The van der Waals surface area contributed by atoms with Gasteiger partial charge in [0.15, 0.2) is 5.65 Å². The molecule has 1 aliphatic heterocycles. The standard InChI is InChI=1S/C19H16N6O2/c26-18-13-7-9-24(11-16(13)21-17-6-8-20-25(17)18)19(27)15-10-14(22-23-15)12-4-2-1-3-5-12/h1-6,8,10,20H,7,9,11H2,(H,22,23). The molecule has 4 aromatic rings. The van der Waals surface area contributed by atoms with Gasteiger partial charge in [-0.2, -0.15) is 5.10 Å². The molecule has 0 unspecified atom stereocenters. The maximum atomic E-state index is 12.9. The molecule has 0 saturated carbocycles. The third kappa shape index (κ3) is 2.53. The number of carbonyl (C=O) groups excluding carboxylic acids is 1. The summed E-state index contributed by atoms with van der Waals surface area (Å²) in [5, 5.41) is 9.94. The molecule has 0 radical (unpaired) electrons. The quantitative estimate of drug-likeness (QED) is 0.567. The summed E-state index contributed by atoms with van der Waals surface area (Å²) >= 11 is 0. The lowest BCUT2D eigenvalue weighted by molar-refractivity contribution is 0.0725. The fourth-order valence-corrected chi connectivity index (χ4v) is 3.46. The van der Waals surface area contributed by atoms with Gasteiger partial charge in [0, 0.05) is 29.9 Å². The minimum Gasteiger partial charge on any atom is -0.331 e. The zero-order valence-corrected chi connectivity index (χ0v) is 14.3. The molecule has 5 rings (SSSR count). The second-order valence-electron chi connectivity index (χ2n) is 6.51. The predicted octanol–water partition coefficient (Wildman–Crippen LogP) is 1.61. The van der Waals surface area contributed by atoms with Crippen molar-refractivity contribution in [3.05, 3.63) is 76.0 Å². The number of H-pyrrole nitrogens is 2. The van der Waals surface area contributed by atoms with Gasteiger partial charge in [-0.1, -0.05) is 30.3 Å². The van der Waals surface area contributed by atoms with E-state index in [2.05, 4.69) is 20.3 Å². The van der Waals surface area contributed by atoms with E-state index < -0.39 is 0 Å². The van der Waals surface area contributed by atoms with E-state index in [0.717, 1.165) is 11.3 Å². The van der Waals surface area contributed by atoms with Crippen LogP contribution in [0.3, 0.4) is 0 Å². The zero-order valence-electron chi connectivity index (χ0n) is 14.3. The van der Waals surface area contributed by atoms with E-state index >= 15 is 0 Å². The molecule has 4 heterocycles. The van der Waals surface area contributed by atoms with Crippen LogP contribution in [0.4, 0.5) is 0 Å². The molecule has 2 N–H and O–H groups in total. The number of fused-ring (bicyclic) bond motifs is 2. The number of nitrogens with zero attached hydrogens (tertiary/aromatic N) is 4. The van der Waals surface area contributed by atoms with Crippen molar-refractivity contribution in [1.82, 2.24) is 29.7 Å². The summed E-state index contributed by atoms with van der Waals surface area (Å²) in [5.74, 6) is -0.147. The van der Waals surface area contributed by atoms with Crippen LogP contribution in [0.25, 0.3) is 16.9 Å². The van der Waals surface area contributed by atoms with E-state index in [9.17, 15) is 9.59 Å². The van der Waals surface area contributed by atoms with Crippen molar-refractivity contribution in [2.75, 3.05) is 6.54 Å². The Balaban J connectivity index is 1.43. The average molecular weight is 360 g/mol. The SMILES string of the molecule is O=C(c1cc(-c2ccccc2)n[nH]1)N1CCc2c(nc3cc[nH]n3c2=O)C1. The molecule has 0 atom stereocenters. The van der Waals surface area contributed by atoms with Gasteiger partial charge in [-0.25, -0.2) is 9.50 Å². The van der Waals surface area contributed by atoms with Crippen LogP contribution < -0.4 is 5.56 Å². The van der Waals surface area contributed by atoms with Crippen LogP contribution in [0.1, 0.15) is 21.7 Å². The molecule has 0 fully saturated rings. The number of hydrogen-bond acceptors (Lipinski definition) is 4. The average Bonchev–Trinajstić information content (AvgIpc) is 3.38. The van der Waals surface area contributed by atoms with Crippen LogP contribution in [0, 0.1) is 0 Å². The van der Waals surface area contributed by atoms with Gasteiger partial charge in [0.05, 0.1) is 17.9 Å². The van der Waals surface area contributed by atoms with Gasteiger partial charge in [0.2, 0.25) is 0 Å². The summed E-state index contributed by atoms with van der Waals surface area (Å²) in [6, 6.07) is 13.2. The Bertz CT molecular complexity index is 1200. The largest absolute Gasteiger partial charge is 0.331 e. The van der Waals surface area contributed by atoms with Crippen molar-refractivity contribution in [1.29, 1.82) is 0 Å². The lowest BCUT2D eigenvalue weighted by Crippen LogP contribution is -2.39. The number of aromatic nitrogens is 5. The van der Waals surface area contributed by atoms with E-state index in [1.54, 1.807) is 23.2 Å². The Morgan fingerprint density at radius 3 is 2.85 bits per heavy atom. The molecule has 3 aromatic heterocycles. The molecule has 1 amide bonds. The maximum Gasteiger partial charge on any atom is 0.276 e. The number of hydrogen-bond donors (Lipinski definition) is 2. The monoisotopic (exact) mass is 360 g/mol. The number of carbonyl (C=O) groups is 1. The molecule has 8 nitrogen and oxygen atoms in total.